The number of thiazole rings is 1. The molecule has 1 aromatic carbocycles. The molecule has 7 nitrogen and oxygen atoms in total. The molecule has 0 fully saturated rings. The quantitative estimate of drug-likeness (QED) is 0.338. The van der Waals surface area contributed by atoms with Gasteiger partial charge in [-0.3, -0.25) is 14.4 Å². The second kappa shape index (κ2) is 8.30. The number of rotatable bonds is 6. The van der Waals surface area contributed by atoms with E-state index in [0.717, 1.165) is 33.9 Å². The number of aromatic nitrogens is 5. The van der Waals surface area contributed by atoms with Crippen LogP contribution in [0.15, 0.2) is 47.2 Å². The molecule has 4 rings (SSSR count). The standard InChI is InChI=1S/C20H20N6OS2/c1-4-14-5-7-16(8-6-14)26(13(2)27)20-24-15(11-29-20)10-28-19-17-9-23-25(3)18(17)21-12-22-19/h5-9,11-12H,4,10H2,1-3H3. The smallest absolute Gasteiger partial charge is 0.230 e. The third kappa shape index (κ3) is 4.01. The van der Waals surface area contributed by atoms with Crippen LogP contribution in [-0.4, -0.2) is 30.6 Å². The van der Waals surface area contributed by atoms with Crippen molar-refractivity contribution in [3.8, 4) is 0 Å². The van der Waals surface area contributed by atoms with Gasteiger partial charge in [0.2, 0.25) is 5.91 Å². The van der Waals surface area contributed by atoms with E-state index in [1.165, 1.54) is 16.9 Å². The summed E-state index contributed by atoms with van der Waals surface area (Å²) in [6, 6.07) is 8.03. The van der Waals surface area contributed by atoms with E-state index in [1.807, 2.05) is 36.7 Å². The molecule has 0 bridgehead atoms. The molecule has 0 aliphatic rings. The molecule has 0 aliphatic heterocycles. The third-order valence-electron chi connectivity index (χ3n) is 4.50. The first-order valence-electron chi connectivity index (χ1n) is 9.16. The third-order valence-corrected chi connectivity index (χ3v) is 6.41. The summed E-state index contributed by atoms with van der Waals surface area (Å²) in [5.41, 5.74) is 3.78. The predicted molar refractivity (Wildman–Crippen MR) is 117 cm³/mol. The zero-order chi connectivity index (χ0) is 20.4. The zero-order valence-electron chi connectivity index (χ0n) is 16.4. The van der Waals surface area contributed by atoms with Crippen molar-refractivity contribution >= 4 is 50.9 Å². The molecule has 3 aromatic heterocycles. The molecule has 3 heterocycles. The lowest BCUT2D eigenvalue weighted by Crippen LogP contribution is -2.22. The number of thioether (sulfide) groups is 1. The van der Waals surface area contributed by atoms with E-state index in [9.17, 15) is 4.79 Å². The number of anilines is 2. The van der Waals surface area contributed by atoms with Crippen molar-refractivity contribution in [1.82, 2.24) is 24.7 Å². The Morgan fingerprint density at radius 2 is 2.03 bits per heavy atom. The van der Waals surface area contributed by atoms with E-state index in [4.69, 9.17) is 0 Å². The maximum absolute atomic E-state index is 12.3. The maximum atomic E-state index is 12.3. The number of nitrogens with zero attached hydrogens (tertiary/aromatic N) is 6. The van der Waals surface area contributed by atoms with Gasteiger partial charge in [-0.1, -0.05) is 30.8 Å². The van der Waals surface area contributed by atoms with Gasteiger partial charge >= 0.3 is 0 Å². The number of benzene rings is 1. The molecule has 0 unspecified atom stereocenters. The van der Waals surface area contributed by atoms with Crippen LogP contribution < -0.4 is 4.90 Å². The van der Waals surface area contributed by atoms with E-state index in [1.54, 1.807) is 40.8 Å². The Balaban J connectivity index is 1.53. The van der Waals surface area contributed by atoms with Crippen molar-refractivity contribution in [2.24, 2.45) is 7.05 Å². The Kier molecular flexibility index (Phi) is 5.59. The minimum Gasteiger partial charge on any atom is -0.274 e. The fourth-order valence-corrected chi connectivity index (χ4v) is 4.82. The lowest BCUT2D eigenvalue weighted by molar-refractivity contribution is -0.115. The summed E-state index contributed by atoms with van der Waals surface area (Å²) in [7, 11) is 1.86. The van der Waals surface area contributed by atoms with Crippen molar-refractivity contribution in [2.45, 2.75) is 31.0 Å². The van der Waals surface area contributed by atoms with Crippen molar-refractivity contribution < 1.29 is 4.79 Å². The van der Waals surface area contributed by atoms with Crippen LogP contribution in [0.5, 0.6) is 0 Å². The Bertz CT molecular complexity index is 1150. The monoisotopic (exact) mass is 424 g/mol. The van der Waals surface area contributed by atoms with Crippen LogP contribution in [0.25, 0.3) is 11.0 Å². The second-order valence-electron chi connectivity index (χ2n) is 6.47. The summed E-state index contributed by atoms with van der Waals surface area (Å²) >= 11 is 3.05. The number of carbonyl (C=O) groups is 1. The van der Waals surface area contributed by atoms with Gasteiger partial charge in [0.1, 0.15) is 11.4 Å². The van der Waals surface area contributed by atoms with E-state index in [-0.39, 0.29) is 5.91 Å². The fraction of sp³-hybridized carbons (Fsp3) is 0.250. The van der Waals surface area contributed by atoms with Crippen molar-refractivity contribution in [2.75, 3.05) is 4.90 Å². The van der Waals surface area contributed by atoms with Crippen molar-refractivity contribution in [3.63, 3.8) is 0 Å². The molecule has 29 heavy (non-hydrogen) atoms. The van der Waals surface area contributed by atoms with Gasteiger partial charge in [-0.15, -0.1) is 11.3 Å². The van der Waals surface area contributed by atoms with Gasteiger partial charge in [0.05, 0.1) is 23.0 Å². The molecule has 0 saturated heterocycles. The summed E-state index contributed by atoms with van der Waals surface area (Å²) in [6.45, 7) is 3.67. The molecule has 4 aromatic rings. The first-order chi connectivity index (χ1) is 14.1. The van der Waals surface area contributed by atoms with Crippen molar-refractivity contribution in [3.05, 3.63) is 53.4 Å². The first-order valence-corrected chi connectivity index (χ1v) is 11.0. The molecule has 0 atom stereocenters. The Hall–Kier alpha value is -2.78. The molecular formula is C20H20N6OS2. The van der Waals surface area contributed by atoms with Gasteiger partial charge in [-0.2, -0.15) is 5.10 Å². The van der Waals surface area contributed by atoms with Gasteiger partial charge in [-0.05, 0) is 24.1 Å². The number of carbonyl (C=O) groups excluding carboxylic acids is 1. The van der Waals surface area contributed by atoms with Crippen LogP contribution in [0.1, 0.15) is 25.1 Å². The van der Waals surface area contributed by atoms with Gasteiger partial charge < -0.3 is 0 Å². The maximum Gasteiger partial charge on any atom is 0.230 e. The molecule has 1 amide bonds. The average Bonchev–Trinajstić information content (AvgIpc) is 3.34. The highest BCUT2D eigenvalue weighted by Crippen LogP contribution is 2.32. The SMILES string of the molecule is CCc1ccc(N(C(C)=O)c2nc(CSc3ncnc4c3cnn4C)cs2)cc1. The lowest BCUT2D eigenvalue weighted by Gasteiger charge is -2.18. The number of amides is 1. The molecule has 0 spiro atoms. The van der Waals surface area contributed by atoms with E-state index in [0.29, 0.717) is 10.9 Å². The number of hydrogen-bond donors (Lipinski definition) is 0. The van der Waals surface area contributed by atoms with Gasteiger partial charge in [-0.25, -0.2) is 15.0 Å². The van der Waals surface area contributed by atoms with Crippen LogP contribution >= 0.6 is 23.1 Å². The van der Waals surface area contributed by atoms with Crippen molar-refractivity contribution in [1.29, 1.82) is 0 Å². The predicted octanol–water partition coefficient (Wildman–Crippen LogP) is 4.36. The van der Waals surface area contributed by atoms with Gasteiger partial charge in [0, 0.05) is 25.1 Å². The Morgan fingerprint density at radius 1 is 1.24 bits per heavy atom. The molecular weight excluding hydrogens is 404 g/mol. The summed E-state index contributed by atoms with van der Waals surface area (Å²) in [6.07, 6.45) is 4.30. The normalized spacial score (nSPS) is 11.1. The number of hydrogen-bond acceptors (Lipinski definition) is 7. The highest BCUT2D eigenvalue weighted by Gasteiger charge is 2.18. The zero-order valence-corrected chi connectivity index (χ0v) is 18.0. The van der Waals surface area contributed by atoms with Crippen LogP contribution in [0.4, 0.5) is 10.8 Å². The molecule has 9 heteroatoms. The van der Waals surface area contributed by atoms with Crippen LogP contribution in [0.2, 0.25) is 0 Å². The molecule has 0 N–H and O–H groups in total. The molecule has 0 radical (unpaired) electrons. The van der Waals surface area contributed by atoms with E-state index >= 15 is 0 Å². The summed E-state index contributed by atoms with van der Waals surface area (Å²) in [5, 5.41) is 8.71. The topological polar surface area (TPSA) is 76.8 Å². The average molecular weight is 425 g/mol. The Labute approximate surface area is 176 Å². The minimum atomic E-state index is -0.0596. The van der Waals surface area contributed by atoms with Gasteiger partial charge in [0.25, 0.3) is 0 Å². The Morgan fingerprint density at radius 3 is 2.76 bits per heavy atom. The fourth-order valence-electron chi connectivity index (χ4n) is 2.97. The van der Waals surface area contributed by atoms with E-state index < -0.39 is 0 Å². The molecule has 0 aliphatic carbocycles. The van der Waals surface area contributed by atoms with Crippen LogP contribution in [-0.2, 0) is 24.0 Å². The second-order valence-corrected chi connectivity index (χ2v) is 8.27. The lowest BCUT2D eigenvalue weighted by atomic mass is 10.1. The minimum absolute atomic E-state index is 0.0596. The van der Waals surface area contributed by atoms with E-state index in [2.05, 4.69) is 27.0 Å². The summed E-state index contributed by atoms with van der Waals surface area (Å²) in [4.78, 5) is 27.3. The molecule has 148 valence electrons. The molecule has 0 saturated carbocycles. The summed E-state index contributed by atoms with van der Waals surface area (Å²) in [5.74, 6) is 0.591. The first kappa shape index (κ1) is 19.5. The van der Waals surface area contributed by atoms with Crippen LogP contribution in [0.3, 0.4) is 0 Å². The largest absolute Gasteiger partial charge is 0.274 e. The number of fused-ring (bicyclic) bond motifs is 1. The highest BCUT2D eigenvalue weighted by atomic mass is 32.2. The summed E-state index contributed by atoms with van der Waals surface area (Å²) < 4.78 is 1.73. The van der Waals surface area contributed by atoms with Gasteiger partial charge in [0.15, 0.2) is 10.8 Å². The number of aryl methyl sites for hydroxylation is 2. The van der Waals surface area contributed by atoms with Crippen LogP contribution in [0, 0.1) is 0 Å². The highest BCUT2D eigenvalue weighted by molar-refractivity contribution is 7.98.